The fourth-order valence-corrected chi connectivity index (χ4v) is 5.48. The number of nitrogens with one attached hydrogen (secondary N) is 2. The lowest BCUT2D eigenvalue weighted by molar-refractivity contribution is -0.123. The Morgan fingerprint density at radius 3 is 2.27 bits per heavy atom. The van der Waals surface area contributed by atoms with Crippen LogP contribution in [0.3, 0.4) is 0 Å². The standard InChI is InChI=1S/C32H32N4O5/c1-41-31(39)26-17-11-21(12-18-26)19-33-29(37)27(23-7-5-6-8-23)24-15-13-22(14-16-24)20-36-30(38)28(34-35-32(36)40)25-9-3-2-4-10-25/h2-4,9-18,23,27H,5-8,19-20H2,1H3,(H,33,37)(H,35,40). The van der Waals surface area contributed by atoms with Gasteiger partial charge in [0.05, 0.1) is 25.1 Å². The Bertz CT molecular complexity index is 1620. The number of benzene rings is 3. The Labute approximate surface area is 237 Å². The predicted molar refractivity (Wildman–Crippen MR) is 154 cm³/mol. The summed E-state index contributed by atoms with van der Waals surface area (Å²) in [5.74, 6) is -0.518. The molecule has 1 unspecified atom stereocenters. The van der Waals surface area contributed by atoms with Crippen LogP contribution in [0.15, 0.2) is 88.5 Å². The third-order valence-corrected chi connectivity index (χ3v) is 7.68. The highest BCUT2D eigenvalue weighted by molar-refractivity contribution is 5.89. The first-order valence-electron chi connectivity index (χ1n) is 13.7. The first-order valence-corrected chi connectivity index (χ1v) is 13.7. The van der Waals surface area contributed by atoms with E-state index in [2.05, 4.69) is 15.5 Å². The number of methoxy groups -OCH3 is 1. The number of aromatic nitrogens is 3. The molecule has 0 radical (unpaired) electrons. The van der Waals surface area contributed by atoms with E-state index >= 15 is 0 Å². The van der Waals surface area contributed by atoms with Crippen molar-refractivity contribution in [2.45, 2.75) is 44.7 Å². The van der Waals surface area contributed by atoms with Crippen molar-refractivity contribution in [1.29, 1.82) is 0 Å². The van der Waals surface area contributed by atoms with Crippen LogP contribution in [-0.4, -0.2) is 33.8 Å². The maximum Gasteiger partial charge on any atom is 0.345 e. The van der Waals surface area contributed by atoms with Crippen LogP contribution in [0.4, 0.5) is 0 Å². The van der Waals surface area contributed by atoms with Crippen molar-refractivity contribution in [3.05, 3.63) is 122 Å². The van der Waals surface area contributed by atoms with E-state index in [0.717, 1.165) is 46.9 Å². The molecule has 0 saturated heterocycles. The Morgan fingerprint density at radius 2 is 1.61 bits per heavy atom. The molecule has 1 fully saturated rings. The summed E-state index contributed by atoms with van der Waals surface area (Å²) < 4.78 is 5.88. The highest BCUT2D eigenvalue weighted by atomic mass is 16.5. The maximum atomic E-state index is 13.5. The minimum absolute atomic E-state index is 0.0454. The summed E-state index contributed by atoms with van der Waals surface area (Å²) in [5.41, 5.74) is 2.77. The molecule has 2 N–H and O–H groups in total. The predicted octanol–water partition coefficient (Wildman–Crippen LogP) is 4.02. The van der Waals surface area contributed by atoms with Gasteiger partial charge in [-0.3, -0.25) is 14.2 Å². The molecule has 1 amide bonds. The number of amides is 1. The van der Waals surface area contributed by atoms with Gasteiger partial charge in [0.25, 0.3) is 5.56 Å². The third kappa shape index (κ3) is 6.35. The smallest absolute Gasteiger partial charge is 0.345 e. The van der Waals surface area contributed by atoms with Crippen molar-refractivity contribution in [2.75, 3.05) is 7.11 Å². The number of H-pyrrole nitrogens is 1. The van der Waals surface area contributed by atoms with Gasteiger partial charge in [-0.25, -0.2) is 14.7 Å². The molecular weight excluding hydrogens is 520 g/mol. The average Bonchev–Trinajstić information content (AvgIpc) is 3.54. The monoisotopic (exact) mass is 552 g/mol. The van der Waals surface area contributed by atoms with Crippen LogP contribution in [0, 0.1) is 5.92 Å². The summed E-state index contributed by atoms with van der Waals surface area (Å²) in [6, 6.07) is 23.5. The molecule has 210 valence electrons. The molecule has 4 aromatic rings. The lowest BCUT2D eigenvalue weighted by Gasteiger charge is -2.23. The fraction of sp³-hybridized carbons (Fsp3) is 0.281. The van der Waals surface area contributed by atoms with Crippen LogP contribution >= 0.6 is 0 Å². The minimum atomic E-state index is -0.582. The molecule has 1 aliphatic rings. The molecule has 1 aliphatic carbocycles. The van der Waals surface area contributed by atoms with Crippen LogP contribution in [0.5, 0.6) is 0 Å². The summed E-state index contributed by atoms with van der Waals surface area (Å²) in [7, 11) is 1.34. The zero-order valence-electron chi connectivity index (χ0n) is 22.8. The number of carbonyl (C=O) groups excluding carboxylic acids is 2. The lowest BCUT2D eigenvalue weighted by Crippen LogP contribution is -2.37. The lowest BCUT2D eigenvalue weighted by atomic mass is 9.83. The van der Waals surface area contributed by atoms with Crippen molar-refractivity contribution in [3.63, 3.8) is 0 Å². The Kier molecular flexibility index (Phi) is 8.53. The quantitative estimate of drug-likeness (QED) is 0.302. The Balaban J connectivity index is 1.32. The van der Waals surface area contributed by atoms with Gasteiger partial charge in [0.15, 0.2) is 5.69 Å². The van der Waals surface area contributed by atoms with Crippen LogP contribution in [0.25, 0.3) is 11.3 Å². The highest BCUT2D eigenvalue weighted by Crippen LogP contribution is 2.37. The van der Waals surface area contributed by atoms with Crippen LogP contribution in [0.2, 0.25) is 0 Å². The second-order valence-corrected chi connectivity index (χ2v) is 10.3. The van der Waals surface area contributed by atoms with Gasteiger partial charge in [-0.05, 0) is 47.6 Å². The van der Waals surface area contributed by atoms with Gasteiger partial charge in [-0.2, -0.15) is 5.10 Å². The number of esters is 1. The molecule has 0 aliphatic heterocycles. The first-order chi connectivity index (χ1) is 19.9. The average molecular weight is 553 g/mol. The zero-order valence-corrected chi connectivity index (χ0v) is 22.8. The molecule has 1 saturated carbocycles. The molecule has 0 spiro atoms. The van der Waals surface area contributed by atoms with Crippen molar-refractivity contribution in [3.8, 4) is 11.3 Å². The summed E-state index contributed by atoms with van der Waals surface area (Å²) >= 11 is 0. The Morgan fingerprint density at radius 1 is 0.951 bits per heavy atom. The second kappa shape index (κ2) is 12.6. The number of nitrogens with zero attached hydrogens (tertiary/aromatic N) is 2. The van der Waals surface area contributed by atoms with Gasteiger partial charge in [-0.15, -0.1) is 0 Å². The van der Waals surface area contributed by atoms with Crippen molar-refractivity contribution in [1.82, 2.24) is 20.1 Å². The summed E-state index contributed by atoms with van der Waals surface area (Å²) in [6.07, 6.45) is 4.16. The normalized spacial score (nSPS) is 14.0. The third-order valence-electron chi connectivity index (χ3n) is 7.68. The molecule has 5 rings (SSSR count). The number of hydrogen-bond donors (Lipinski definition) is 2. The maximum absolute atomic E-state index is 13.5. The molecular formula is C32H32N4O5. The second-order valence-electron chi connectivity index (χ2n) is 10.3. The van der Waals surface area contributed by atoms with E-state index in [-0.39, 0.29) is 30.0 Å². The molecule has 9 nitrogen and oxygen atoms in total. The van der Waals surface area contributed by atoms with E-state index in [1.165, 1.54) is 7.11 Å². The fourth-order valence-electron chi connectivity index (χ4n) is 5.48. The zero-order chi connectivity index (χ0) is 28.8. The van der Waals surface area contributed by atoms with E-state index in [0.29, 0.717) is 17.7 Å². The van der Waals surface area contributed by atoms with Gasteiger partial charge in [0.2, 0.25) is 5.91 Å². The molecule has 1 aromatic heterocycles. The largest absolute Gasteiger partial charge is 0.465 e. The summed E-state index contributed by atoms with van der Waals surface area (Å²) in [5, 5.41) is 9.48. The van der Waals surface area contributed by atoms with Gasteiger partial charge in [0, 0.05) is 12.1 Å². The number of hydrogen-bond acceptors (Lipinski definition) is 6. The topological polar surface area (TPSA) is 123 Å². The van der Waals surface area contributed by atoms with Crippen LogP contribution in [0.1, 0.15) is 58.6 Å². The number of ether oxygens (including phenoxy) is 1. The molecule has 41 heavy (non-hydrogen) atoms. The highest BCUT2D eigenvalue weighted by Gasteiger charge is 2.32. The number of aromatic amines is 1. The molecule has 1 heterocycles. The van der Waals surface area contributed by atoms with Crippen LogP contribution < -0.4 is 16.6 Å². The Hall–Kier alpha value is -4.79. The van der Waals surface area contributed by atoms with Crippen molar-refractivity contribution in [2.24, 2.45) is 5.92 Å². The van der Waals surface area contributed by atoms with Crippen LogP contribution in [-0.2, 0) is 22.6 Å². The van der Waals surface area contributed by atoms with Gasteiger partial charge < -0.3 is 10.1 Å². The molecule has 0 bridgehead atoms. The van der Waals surface area contributed by atoms with E-state index in [9.17, 15) is 19.2 Å². The SMILES string of the molecule is COC(=O)c1ccc(CNC(=O)C(c2ccc(Cn3c(=O)[nH]nc(-c4ccccc4)c3=O)cc2)C2CCCC2)cc1. The van der Waals surface area contributed by atoms with Gasteiger partial charge >= 0.3 is 11.7 Å². The number of rotatable bonds is 9. The van der Waals surface area contributed by atoms with Crippen molar-refractivity contribution >= 4 is 11.9 Å². The van der Waals surface area contributed by atoms with Gasteiger partial charge in [0.1, 0.15) is 0 Å². The number of carbonyl (C=O) groups is 2. The summed E-state index contributed by atoms with van der Waals surface area (Å²) in [6.45, 7) is 0.428. The van der Waals surface area contributed by atoms with Gasteiger partial charge in [-0.1, -0.05) is 79.6 Å². The van der Waals surface area contributed by atoms with E-state index in [1.807, 2.05) is 42.5 Å². The molecule has 3 aromatic carbocycles. The molecule has 1 atom stereocenters. The molecule has 9 heteroatoms. The van der Waals surface area contributed by atoms with E-state index in [4.69, 9.17) is 4.74 Å². The minimum Gasteiger partial charge on any atom is -0.465 e. The summed E-state index contributed by atoms with van der Waals surface area (Å²) in [4.78, 5) is 50.8. The van der Waals surface area contributed by atoms with E-state index in [1.54, 1.807) is 36.4 Å². The first kappa shape index (κ1) is 27.8. The van der Waals surface area contributed by atoms with Crippen molar-refractivity contribution < 1.29 is 14.3 Å². The van der Waals surface area contributed by atoms with E-state index < -0.39 is 17.2 Å².